The van der Waals surface area contributed by atoms with Gasteiger partial charge in [-0.1, -0.05) is 29.5 Å². The number of nitrogens with zero attached hydrogens (tertiary/aromatic N) is 1. The smallest absolute Gasteiger partial charge is 0.410 e. The third kappa shape index (κ3) is 5.50. The number of halogens is 1. The van der Waals surface area contributed by atoms with Crippen LogP contribution in [-0.4, -0.2) is 43.6 Å². The maximum absolute atomic E-state index is 11.8. The van der Waals surface area contributed by atoms with E-state index in [9.17, 15) is 9.59 Å². The van der Waals surface area contributed by atoms with Crippen molar-refractivity contribution in [3.63, 3.8) is 0 Å². The average molecular weight is 335 g/mol. The highest BCUT2D eigenvalue weighted by molar-refractivity contribution is 6.30. The van der Waals surface area contributed by atoms with E-state index in [0.29, 0.717) is 18.1 Å². The maximum Gasteiger partial charge on any atom is 0.410 e. The van der Waals surface area contributed by atoms with Gasteiger partial charge in [0.2, 0.25) is 0 Å². The van der Waals surface area contributed by atoms with Crippen LogP contribution in [0, 0.1) is 17.8 Å². The topological polar surface area (TPSA) is 58.6 Å². The predicted octanol–water partition coefficient (Wildman–Crippen LogP) is 2.29. The number of piperidine rings is 1. The standard InChI is InChI=1S/C17H19ClN2O3/c1-19-16(21)12-23-17(22)20-9-7-13(8-10-20)5-6-14-3-2-4-15(18)11-14/h2-4,11,13H,7-10,12H2,1H3,(H,19,21). The Morgan fingerprint density at radius 3 is 2.78 bits per heavy atom. The first-order valence-electron chi connectivity index (χ1n) is 7.48. The summed E-state index contributed by atoms with van der Waals surface area (Å²) in [5.41, 5.74) is 0.893. The van der Waals surface area contributed by atoms with Crippen LogP contribution in [-0.2, 0) is 9.53 Å². The second-order valence-corrected chi connectivity index (χ2v) is 5.71. The van der Waals surface area contributed by atoms with Crippen LogP contribution in [0.1, 0.15) is 18.4 Å². The lowest BCUT2D eigenvalue weighted by Gasteiger charge is -2.28. The Morgan fingerprint density at radius 2 is 2.13 bits per heavy atom. The molecule has 1 saturated heterocycles. The van der Waals surface area contributed by atoms with Crippen LogP contribution in [0.15, 0.2) is 24.3 Å². The SMILES string of the molecule is CNC(=O)COC(=O)N1CCC(C#Cc2cccc(Cl)c2)CC1. The van der Waals surface area contributed by atoms with Crippen molar-refractivity contribution in [1.82, 2.24) is 10.2 Å². The first-order valence-corrected chi connectivity index (χ1v) is 7.85. The van der Waals surface area contributed by atoms with E-state index in [2.05, 4.69) is 17.2 Å². The van der Waals surface area contributed by atoms with E-state index in [1.807, 2.05) is 24.3 Å². The van der Waals surface area contributed by atoms with Crippen LogP contribution >= 0.6 is 11.6 Å². The molecule has 0 unspecified atom stereocenters. The fourth-order valence-electron chi connectivity index (χ4n) is 2.25. The largest absolute Gasteiger partial charge is 0.439 e. The summed E-state index contributed by atoms with van der Waals surface area (Å²) in [6, 6.07) is 7.44. The van der Waals surface area contributed by atoms with Gasteiger partial charge in [0.15, 0.2) is 6.61 Å². The summed E-state index contributed by atoms with van der Waals surface area (Å²) in [5, 5.41) is 3.08. The van der Waals surface area contributed by atoms with Gasteiger partial charge in [-0.2, -0.15) is 0 Å². The Hall–Kier alpha value is -2.19. The van der Waals surface area contributed by atoms with E-state index < -0.39 is 6.09 Å². The zero-order valence-corrected chi connectivity index (χ0v) is 13.7. The monoisotopic (exact) mass is 334 g/mol. The van der Waals surface area contributed by atoms with E-state index in [1.54, 1.807) is 4.90 Å². The summed E-state index contributed by atoms with van der Waals surface area (Å²) < 4.78 is 4.94. The van der Waals surface area contributed by atoms with Gasteiger partial charge >= 0.3 is 6.09 Å². The van der Waals surface area contributed by atoms with E-state index in [-0.39, 0.29) is 18.4 Å². The highest BCUT2D eigenvalue weighted by Crippen LogP contribution is 2.17. The summed E-state index contributed by atoms with van der Waals surface area (Å²) in [4.78, 5) is 24.5. The number of amides is 2. The van der Waals surface area contributed by atoms with Gasteiger partial charge in [-0.3, -0.25) is 4.79 Å². The van der Waals surface area contributed by atoms with Crippen LogP contribution in [0.3, 0.4) is 0 Å². The van der Waals surface area contributed by atoms with Gasteiger partial charge in [-0.15, -0.1) is 0 Å². The molecule has 0 radical (unpaired) electrons. The molecule has 1 aromatic rings. The molecular formula is C17H19ClN2O3. The van der Waals surface area contributed by atoms with Gasteiger partial charge in [-0.25, -0.2) is 4.79 Å². The van der Waals surface area contributed by atoms with Crippen molar-refractivity contribution in [3.05, 3.63) is 34.9 Å². The minimum Gasteiger partial charge on any atom is -0.439 e. The Labute approximate surface area is 140 Å². The van der Waals surface area contributed by atoms with Crippen molar-refractivity contribution in [2.45, 2.75) is 12.8 Å². The number of ether oxygens (including phenoxy) is 1. The highest BCUT2D eigenvalue weighted by atomic mass is 35.5. The zero-order valence-electron chi connectivity index (χ0n) is 13.0. The van der Waals surface area contributed by atoms with Crippen molar-refractivity contribution in [2.75, 3.05) is 26.7 Å². The number of hydrogen-bond acceptors (Lipinski definition) is 3. The minimum absolute atomic E-state index is 0.246. The molecule has 0 spiro atoms. The number of likely N-dealkylation sites (tertiary alicyclic amines) is 1. The molecule has 1 aromatic carbocycles. The molecule has 122 valence electrons. The van der Waals surface area contributed by atoms with Gasteiger partial charge in [-0.05, 0) is 31.0 Å². The molecule has 2 amide bonds. The number of nitrogens with one attached hydrogen (secondary N) is 1. The molecule has 1 aliphatic rings. The van der Waals surface area contributed by atoms with Crippen molar-refractivity contribution < 1.29 is 14.3 Å². The van der Waals surface area contributed by atoms with Crippen LogP contribution in [0.25, 0.3) is 0 Å². The van der Waals surface area contributed by atoms with Gasteiger partial charge in [0.05, 0.1) is 0 Å². The maximum atomic E-state index is 11.8. The second-order valence-electron chi connectivity index (χ2n) is 5.27. The predicted molar refractivity (Wildman–Crippen MR) is 88.0 cm³/mol. The van der Waals surface area contributed by atoms with Crippen molar-refractivity contribution in [3.8, 4) is 11.8 Å². The van der Waals surface area contributed by atoms with E-state index in [4.69, 9.17) is 16.3 Å². The summed E-state index contributed by atoms with van der Waals surface area (Å²) in [6.07, 6.45) is 1.14. The van der Waals surface area contributed by atoms with Gasteiger partial charge in [0.1, 0.15) is 0 Å². The fourth-order valence-corrected chi connectivity index (χ4v) is 2.44. The second kappa shape index (κ2) is 8.44. The fraction of sp³-hybridized carbons (Fsp3) is 0.412. The van der Waals surface area contributed by atoms with E-state index in [1.165, 1.54) is 7.05 Å². The minimum atomic E-state index is -0.449. The number of benzene rings is 1. The number of carbonyl (C=O) groups excluding carboxylic acids is 2. The molecule has 0 saturated carbocycles. The third-order valence-electron chi connectivity index (χ3n) is 3.60. The van der Waals surface area contributed by atoms with Gasteiger partial charge in [0, 0.05) is 36.6 Å². The average Bonchev–Trinajstić information content (AvgIpc) is 2.58. The molecule has 5 nitrogen and oxygen atoms in total. The van der Waals surface area contributed by atoms with E-state index >= 15 is 0 Å². The molecule has 2 rings (SSSR count). The third-order valence-corrected chi connectivity index (χ3v) is 3.84. The van der Waals surface area contributed by atoms with Crippen LogP contribution < -0.4 is 5.32 Å². The number of likely N-dealkylation sites (N-methyl/N-ethyl adjacent to an activating group) is 1. The summed E-state index contributed by atoms with van der Waals surface area (Å²) >= 11 is 5.93. The van der Waals surface area contributed by atoms with E-state index in [0.717, 1.165) is 18.4 Å². The number of rotatable bonds is 2. The summed E-state index contributed by atoms with van der Waals surface area (Å²) in [5.74, 6) is 6.29. The van der Waals surface area contributed by atoms with Crippen LogP contribution in [0.5, 0.6) is 0 Å². The first kappa shape index (κ1) is 17.2. The molecule has 1 aliphatic heterocycles. The Bertz CT molecular complexity index is 628. The zero-order chi connectivity index (χ0) is 16.7. The molecule has 23 heavy (non-hydrogen) atoms. The Balaban J connectivity index is 1.80. The molecule has 1 N–H and O–H groups in total. The highest BCUT2D eigenvalue weighted by Gasteiger charge is 2.23. The van der Waals surface area contributed by atoms with Gasteiger partial charge in [0.25, 0.3) is 5.91 Å². The summed E-state index contributed by atoms with van der Waals surface area (Å²) in [7, 11) is 1.50. The Kier molecular flexibility index (Phi) is 6.30. The lowest BCUT2D eigenvalue weighted by molar-refractivity contribution is -0.123. The normalized spacial score (nSPS) is 14.6. The van der Waals surface area contributed by atoms with Crippen molar-refractivity contribution >= 4 is 23.6 Å². The lowest BCUT2D eigenvalue weighted by Crippen LogP contribution is -2.40. The number of hydrogen-bond donors (Lipinski definition) is 1. The molecule has 1 heterocycles. The van der Waals surface area contributed by atoms with Gasteiger partial charge < -0.3 is 15.0 Å². The van der Waals surface area contributed by atoms with Crippen LogP contribution in [0.2, 0.25) is 5.02 Å². The summed E-state index contributed by atoms with van der Waals surface area (Å²) in [6.45, 7) is 0.923. The number of carbonyl (C=O) groups is 2. The molecule has 0 aliphatic carbocycles. The Morgan fingerprint density at radius 1 is 1.39 bits per heavy atom. The first-order chi connectivity index (χ1) is 11.1. The molecule has 0 aromatic heterocycles. The molecule has 1 fully saturated rings. The lowest BCUT2D eigenvalue weighted by atomic mass is 9.97. The van der Waals surface area contributed by atoms with Crippen LogP contribution in [0.4, 0.5) is 4.79 Å². The molecule has 0 atom stereocenters. The molecular weight excluding hydrogens is 316 g/mol. The molecule has 6 heteroatoms. The molecule has 0 bridgehead atoms. The van der Waals surface area contributed by atoms with Crippen molar-refractivity contribution in [1.29, 1.82) is 0 Å². The quantitative estimate of drug-likeness (QED) is 0.844. The van der Waals surface area contributed by atoms with Crippen molar-refractivity contribution in [2.24, 2.45) is 5.92 Å².